The van der Waals surface area contributed by atoms with Crippen LogP contribution in [0.25, 0.3) is 6.08 Å². The molecule has 0 spiro atoms. The van der Waals surface area contributed by atoms with Crippen LogP contribution in [-0.4, -0.2) is 82.9 Å². The highest BCUT2D eigenvalue weighted by molar-refractivity contribution is 5.91. The lowest BCUT2D eigenvalue weighted by molar-refractivity contribution is -0.129. The monoisotopic (exact) mass is 475 g/mol. The minimum absolute atomic E-state index is 0.0497. The molecule has 2 aliphatic heterocycles. The second kappa shape index (κ2) is 10.0. The number of hydrogen-bond acceptors (Lipinski definition) is 6. The van der Waals surface area contributed by atoms with E-state index < -0.39 is 0 Å². The third-order valence-corrected chi connectivity index (χ3v) is 7.18. The number of fused-ring (bicyclic) bond motifs is 1. The molecule has 0 bridgehead atoms. The average molecular weight is 476 g/mol. The minimum Gasteiger partial charge on any atom is -0.348 e. The fourth-order valence-electron chi connectivity index (χ4n) is 5.24. The number of anilines is 3. The summed E-state index contributed by atoms with van der Waals surface area (Å²) in [4.78, 5) is 39.9. The quantitative estimate of drug-likeness (QED) is 0.687. The number of aromatic nitrogens is 2. The second-order valence-electron chi connectivity index (χ2n) is 9.72. The van der Waals surface area contributed by atoms with Gasteiger partial charge in [-0.15, -0.1) is 0 Å². The minimum atomic E-state index is -0.281. The molecule has 35 heavy (non-hydrogen) atoms. The van der Waals surface area contributed by atoms with Crippen molar-refractivity contribution in [2.24, 2.45) is 0 Å². The Kier molecular flexibility index (Phi) is 6.68. The fraction of sp³-hybridized carbons (Fsp3) is 0.462. The summed E-state index contributed by atoms with van der Waals surface area (Å²) in [7, 11) is 3.53. The van der Waals surface area contributed by atoms with Crippen molar-refractivity contribution in [1.29, 1.82) is 0 Å². The van der Waals surface area contributed by atoms with Crippen LogP contribution in [0.15, 0.2) is 36.7 Å². The molecule has 2 fully saturated rings. The van der Waals surface area contributed by atoms with E-state index in [1.54, 1.807) is 25.1 Å². The van der Waals surface area contributed by atoms with Gasteiger partial charge in [0.15, 0.2) is 0 Å². The molecule has 1 aromatic carbocycles. The fourth-order valence-corrected chi connectivity index (χ4v) is 5.24. The summed E-state index contributed by atoms with van der Waals surface area (Å²) in [5.41, 5.74) is 2.83. The Labute approximate surface area is 206 Å². The van der Waals surface area contributed by atoms with Gasteiger partial charge < -0.3 is 20.0 Å². The highest BCUT2D eigenvalue weighted by atomic mass is 16.2. The summed E-state index contributed by atoms with van der Waals surface area (Å²) >= 11 is 0. The van der Waals surface area contributed by atoms with E-state index in [1.807, 2.05) is 35.3 Å². The molecule has 1 aromatic heterocycles. The summed E-state index contributed by atoms with van der Waals surface area (Å²) < 4.78 is 0. The smallest absolute Gasteiger partial charge is 0.323 e. The highest BCUT2D eigenvalue weighted by Crippen LogP contribution is 2.34. The first-order valence-electron chi connectivity index (χ1n) is 12.4. The number of hydrogen-bond donors (Lipinski definition) is 2. The lowest BCUT2D eigenvalue weighted by atomic mass is 9.99. The molecule has 0 radical (unpaired) electrons. The highest BCUT2D eigenvalue weighted by Gasteiger charge is 2.29. The number of nitrogens with zero attached hydrogens (tertiary/aromatic N) is 5. The maximum Gasteiger partial charge on any atom is 0.323 e. The van der Waals surface area contributed by atoms with Gasteiger partial charge in [-0.25, -0.2) is 14.8 Å². The average Bonchev–Trinajstić information content (AvgIpc) is 3.54. The van der Waals surface area contributed by atoms with Crippen molar-refractivity contribution in [3.63, 3.8) is 0 Å². The van der Waals surface area contributed by atoms with E-state index in [1.165, 1.54) is 32.3 Å². The maximum absolute atomic E-state index is 12.8. The van der Waals surface area contributed by atoms with Crippen molar-refractivity contribution in [2.45, 2.75) is 37.6 Å². The van der Waals surface area contributed by atoms with E-state index in [0.29, 0.717) is 17.7 Å². The molecule has 5 rings (SSSR count). The molecule has 0 saturated carbocycles. The lowest BCUT2D eigenvalue weighted by Crippen LogP contribution is -2.47. The predicted octanol–water partition coefficient (Wildman–Crippen LogP) is 3.51. The van der Waals surface area contributed by atoms with Gasteiger partial charge in [-0.1, -0.05) is 18.2 Å². The molecule has 2 N–H and O–H groups in total. The Bertz CT molecular complexity index is 1120. The molecule has 1 aliphatic carbocycles. The number of carbonyl (C=O) groups excluding carboxylic acids is 2. The standard InChI is InChI=1S/C26H33N7O2/c1-31(2)25(34)21-8-6-18-5-7-19(15-22(18)21)29-23-16-24(28-17-27-23)30-26(35)33-13-9-20(10-14-33)32-11-3-4-12-32/h5-8,15-17,20-21H,3-4,9-14H2,1-2H3,(H2,27,28,29,30,35). The van der Waals surface area contributed by atoms with Gasteiger partial charge >= 0.3 is 6.03 Å². The van der Waals surface area contributed by atoms with Crippen LogP contribution in [-0.2, 0) is 4.79 Å². The summed E-state index contributed by atoms with van der Waals surface area (Å²) in [6, 6.07) is 8.13. The topological polar surface area (TPSA) is 93.7 Å². The Hall–Kier alpha value is -3.46. The molecule has 3 heterocycles. The zero-order chi connectivity index (χ0) is 24.4. The van der Waals surface area contributed by atoms with E-state index in [4.69, 9.17) is 0 Å². The number of piperidine rings is 1. The van der Waals surface area contributed by atoms with Crippen LogP contribution in [0.3, 0.4) is 0 Å². The van der Waals surface area contributed by atoms with Gasteiger partial charge in [0.05, 0.1) is 5.92 Å². The van der Waals surface area contributed by atoms with Gasteiger partial charge in [0.25, 0.3) is 0 Å². The van der Waals surface area contributed by atoms with Gasteiger partial charge in [-0.3, -0.25) is 10.1 Å². The first kappa shape index (κ1) is 23.3. The number of likely N-dealkylation sites (tertiary alicyclic amines) is 2. The van der Waals surface area contributed by atoms with E-state index in [0.717, 1.165) is 42.7 Å². The predicted molar refractivity (Wildman–Crippen MR) is 137 cm³/mol. The molecule has 184 valence electrons. The third kappa shape index (κ3) is 5.14. The van der Waals surface area contributed by atoms with E-state index in [-0.39, 0.29) is 17.9 Å². The van der Waals surface area contributed by atoms with Crippen molar-refractivity contribution in [2.75, 3.05) is 50.9 Å². The summed E-state index contributed by atoms with van der Waals surface area (Å²) in [5.74, 6) is 0.798. The Morgan fingerprint density at radius 1 is 1.00 bits per heavy atom. The lowest BCUT2D eigenvalue weighted by Gasteiger charge is -2.36. The van der Waals surface area contributed by atoms with Gasteiger partial charge in [0.1, 0.15) is 18.0 Å². The Morgan fingerprint density at radius 3 is 2.49 bits per heavy atom. The molecule has 2 saturated heterocycles. The van der Waals surface area contributed by atoms with Gasteiger partial charge in [-0.05, 0) is 62.0 Å². The van der Waals surface area contributed by atoms with Crippen molar-refractivity contribution >= 4 is 35.3 Å². The molecule has 2 aromatic rings. The van der Waals surface area contributed by atoms with E-state index in [2.05, 4.69) is 25.5 Å². The number of rotatable bonds is 5. The zero-order valence-electron chi connectivity index (χ0n) is 20.4. The summed E-state index contributed by atoms with van der Waals surface area (Å²) in [6.07, 6.45) is 9.98. The first-order valence-corrected chi connectivity index (χ1v) is 12.4. The van der Waals surface area contributed by atoms with E-state index in [9.17, 15) is 9.59 Å². The first-order chi connectivity index (χ1) is 17.0. The van der Waals surface area contributed by atoms with Crippen molar-refractivity contribution in [1.82, 2.24) is 24.7 Å². The number of urea groups is 1. The SMILES string of the molecule is CN(C)C(=O)C1C=Cc2ccc(Nc3cc(NC(=O)N4CCC(N5CCCC5)CC4)ncn3)cc21. The molecule has 1 atom stereocenters. The van der Waals surface area contributed by atoms with E-state index >= 15 is 0 Å². The van der Waals surface area contributed by atoms with Crippen LogP contribution in [0.4, 0.5) is 22.1 Å². The molecule has 9 heteroatoms. The Balaban J connectivity index is 1.20. The van der Waals surface area contributed by atoms with Crippen LogP contribution >= 0.6 is 0 Å². The number of carbonyl (C=O) groups is 2. The molecule has 3 aliphatic rings. The largest absolute Gasteiger partial charge is 0.348 e. The summed E-state index contributed by atoms with van der Waals surface area (Å²) in [5, 5.41) is 6.20. The number of amides is 3. The Morgan fingerprint density at radius 2 is 1.74 bits per heavy atom. The van der Waals surface area contributed by atoms with Gasteiger partial charge in [-0.2, -0.15) is 0 Å². The normalized spacial score (nSPS) is 20.1. The zero-order valence-corrected chi connectivity index (χ0v) is 20.4. The third-order valence-electron chi connectivity index (χ3n) is 7.18. The van der Waals surface area contributed by atoms with Gasteiger partial charge in [0, 0.05) is 45.0 Å². The van der Waals surface area contributed by atoms with Crippen molar-refractivity contribution < 1.29 is 9.59 Å². The summed E-state index contributed by atoms with van der Waals surface area (Å²) in [6.45, 7) is 3.92. The van der Waals surface area contributed by atoms with Crippen LogP contribution in [0.5, 0.6) is 0 Å². The second-order valence-corrected chi connectivity index (χ2v) is 9.72. The van der Waals surface area contributed by atoms with Crippen molar-refractivity contribution in [3.8, 4) is 0 Å². The van der Waals surface area contributed by atoms with Gasteiger partial charge in [0.2, 0.25) is 5.91 Å². The van der Waals surface area contributed by atoms with Crippen LogP contribution in [0, 0.1) is 0 Å². The van der Waals surface area contributed by atoms with Crippen LogP contribution in [0.2, 0.25) is 0 Å². The molecular formula is C26H33N7O2. The van der Waals surface area contributed by atoms with Crippen LogP contribution < -0.4 is 10.6 Å². The number of benzene rings is 1. The molecule has 3 amide bonds. The number of likely N-dealkylation sites (N-methyl/N-ethyl adjacent to an activating group) is 1. The van der Waals surface area contributed by atoms with Crippen molar-refractivity contribution in [3.05, 3.63) is 47.8 Å². The maximum atomic E-state index is 12.8. The molecular weight excluding hydrogens is 442 g/mol. The molecule has 9 nitrogen and oxygen atoms in total. The van der Waals surface area contributed by atoms with Crippen LogP contribution in [0.1, 0.15) is 42.7 Å². The molecule has 1 unspecified atom stereocenters. The number of nitrogens with one attached hydrogen (secondary N) is 2.